The fourth-order valence-electron chi connectivity index (χ4n) is 4.19. The molecule has 2 aliphatic rings. The molecule has 0 radical (unpaired) electrons. The molecule has 2 aromatic heterocycles. The molecule has 1 saturated carbocycles. The Morgan fingerprint density at radius 2 is 2.08 bits per heavy atom. The minimum absolute atomic E-state index is 0. The topological polar surface area (TPSA) is 71.8 Å². The molecule has 0 unspecified atom stereocenters. The predicted octanol–water partition coefficient (Wildman–Crippen LogP) is 2.42. The van der Waals surface area contributed by atoms with Gasteiger partial charge in [0.2, 0.25) is 0 Å². The zero-order chi connectivity index (χ0) is 15.6. The molecule has 2 aromatic rings. The summed E-state index contributed by atoms with van der Waals surface area (Å²) < 4.78 is 0. The summed E-state index contributed by atoms with van der Waals surface area (Å²) in [6.45, 7) is 2.50. The second-order valence-electron chi connectivity index (χ2n) is 6.59. The maximum absolute atomic E-state index is 9.22. The quantitative estimate of drug-likeness (QED) is 0.863. The van der Waals surface area contributed by atoms with Gasteiger partial charge in [0.25, 0.3) is 0 Å². The van der Waals surface area contributed by atoms with Crippen LogP contribution in [0.15, 0.2) is 18.6 Å². The summed E-state index contributed by atoms with van der Waals surface area (Å²) >= 11 is 0. The minimum atomic E-state index is 0. The van der Waals surface area contributed by atoms with E-state index in [9.17, 15) is 5.26 Å². The SMILES string of the molecule is N#CCN(C1CCCC1)[C@H]1CCN(c2ncnc3[nH]ccc23)C1.S. The van der Waals surface area contributed by atoms with Gasteiger partial charge in [0.05, 0.1) is 18.0 Å². The maximum atomic E-state index is 9.22. The second kappa shape index (κ2) is 7.41. The highest BCUT2D eigenvalue weighted by atomic mass is 32.1. The summed E-state index contributed by atoms with van der Waals surface area (Å²) in [5, 5.41) is 10.3. The summed E-state index contributed by atoms with van der Waals surface area (Å²) in [6.07, 6.45) is 9.75. The molecule has 0 aromatic carbocycles. The number of hydrogen-bond acceptors (Lipinski definition) is 5. The highest BCUT2D eigenvalue weighted by Gasteiger charge is 2.34. The van der Waals surface area contributed by atoms with Crippen molar-refractivity contribution in [3.05, 3.63) is 18.6 Å². The number of aromatic amines is 1. The molecule has 1 N–H and O–H groups in total. The van der Waals surface area contributed by atoms with Gasteiger partial charge in [0.15, 0.2) is 0 Å². The van der Waals surface area contributed by atoms with Crippen LogP contribution in [-0.4, -0.2) is 51.6 Å². The fraction of sp³-hybridized carbons (Fsp3) is 0.588. The van der Waals surface area contributed by atoms with Gasteiger partial charge in [-0.2, -0.15) is 18.8 Å². The van der Waals surface area contributed by atoms with Crippen LogP contribution in [0, 0.1) is 11.3 Å². The molecule has 2 fully saturated rings. The molecule has 1 aliphatic heterocycles. The van der Waals surface area contributed by atoms with Gasteiger partial charge in [-0.15, -0.1) is 0 Å². The molecule has 1 atom stereocenters. The lowest BCUT2D eigenvalue weighted by Crippen LogP contribution is -2.43. The molecule has 6 nitrogen and oxygen atoms in total. The lowest BCUT2D eigenvalue weighted by atomic mass is 10.1. The van der Waals surface area contributed by atoms with E-state index in [-0.39, 0.29) is 13.5 Å². The standard InChI is InChI=1S/C17H22N6.H2S/c18-7-10-23(13-3-1-2-4-13)14-6-9-22(11-14)17-15-5-8-19-16(15)20-12-21-17;/h5,8,12-14H,1-4,6,9-11H2,(H,19,20,21);1H2/t14-;/m0./s1. The average molecular weight is 344 g/mol. The number of anilines is 1. The Balaban J connectivity index is 0.00000169. The summed E-state index contributed by atoms with van der Waals surface area (Å²) in [5.74, 6) is 1.02. The maximum Gasteiger partial charge on any atom is 0.142 e. The number of nitrogens with zero attached hydrogens (tertiary/aromatic N) is 5. The van der Waals surface area contributed by atoms with E-state index < -0.39 is 0 Å². The van der Waals surface area contributed by atoms with Crippen LogP contribution in [0.1, 0.15) is 32.1 Å². The number of hydrogen-bond donors (Lipinski definition) is 1. The van der Waals surface area contributed by atoms with Crippen molar-refractivity contribution in [1.82, 2.24) is 19.9 Å². The van der Waals surface area contributed by atoms with Gasteiger partial charge in [-0.25, -0.2) is 9.97 Å². The zero-order valence-corrected chi connectivity index (χ0v) is 14.8. The Morgan fingerprint density at radius 3 is 2.88 bits per heavy atom. The molecule has 24 heavy (non-hydrogen) atoms. The van der Waals surface area contributed by atoms with Gasteiger partial charge in [0, 0.05) is 31.4 Å². The van der Waals surface area contributed by atoms with E-state index in [1.165, 1.54) is 25.7 Å². The van der Waals surface area contributed by atoms with E-state index in [1.54, 1.807) is 6.33 Å². The number of aromatic nitrogens is 3. The molecule has 1 aliphatic carbocycles. The van der Waals surface area contributed by atoms with Crippen LogP contribution in [-0.2, 0) is 0 Å². The molecule has 128 valence electrons. The van der Waals surface area contributed by atoms with Crippen molar-refractivity contribution in [1.29, 1.82) is 5.26 Å². The largest absolute Gasteiger partial charge is 0.354 e. The third-order valence-electron chi connectivity index (χ3n) is 5.31. The van der Waals surface area contributed by atoms with E-state index in [0.717, 1.165) is 36.4 Å². The van der Waals surface area contributed by atoms with Gasteiger partial charge in [-0.3, -0.25) is 4.90 Å². The monoisotopic (exact) mass is 344 g/mol. The number of nitrogens with one attached hydrogen (secondary N) is 1. The predicted molar refractivity (Wildman–Crippen MR) is 99.5 cm³/mol. The lowest BCUT2D eigenvalue weighted by Gasteiger charge is -2.32. The molecule has 0 bridgehead atoms. The van der Waals surface area contributed by atoms with E-state index in [0.29, 0.717) is 18.6 Å². The summed E-state index contributed by atoms with van der Waals surface area (Å²) in [6, 6.07) is 5.48. The highest BCUT2D eigenvalue weighted by Crippen LogP contribution is 2.31. The summed E-state index contributed by atoms with van der Waals surface area (Å²) in [5.41, 5.74) is 0.892. The molecular formula is C17H24N6S. The van der Waals surface area contributed by atoms with Gasteiger partial charge >= 0.3 is 0 Å². The zero-order valence-electron chi connectivity index (χ0n) is 13.8. The van der Waals surface area contributed by atoms with Crippen LogP contribution >= 0.6 is 13.5 Å². The number of nitriles is 1. The smallest absolute Gasteiger partial charge is 0.142 e. The Labute approximate surface area is 149 Å². The lowest BCUT2D eigenvalue weighted by molar-refractivity contribution is 0.166. The molecular weight excluding hydrogens is 320 g/mol. The minimum Gasteiger partial charge on any atom is -0.354 e. The second-order valence-corrected chi connectivity index (χ2v) is 6.59. The Morgan fingerprint density at radius 1 is 1.25 bits per heavy atom. The normalized spacial score (nSPS) is 21.3. The van der Waals surface area contributed by atoms with Crippen LogP contribution in [0.2, 0.25) is 0 Å². The van der Waals surface area contributed by atoms with Crippen molar-refractivity contribution in [2.75, 3.05) is 24.5 Å². The Bertz CT molecular complexity index is 717. The first-order chi connectivity index (χ1) is 11.4. The van der Waals surface area contributed by atoms with Crippen LogP contribution in [0.25, 0.3) is 11.0 Å². The van der Waals surface area contributed by atoms with Crippen molar-refractivity contribution in [2.24, 2.45) is 0 Å². The van der Waals surface area contributed by atoms with Gasteiger partial charge in [-0.1, -0.05) is 12.8 Å². The van der Waals surface area contributed by atoms with Gasteiger partial charge < -0.3 is 9.88 Å². The number of fused-ring (bicyclic) bond motifs is 1. The fourth-order valence-corrected chi connectivity index (χ4v) is 4.19. The third-order valence-corrected chi connectivity index (χ3v) is 5.31. The van der Waals surface area contributed by atoms with Crippen molar-refractivity contribution in [3.63, 3.8) is 0 Å². The van der Waals surface area contributed by atoms with E-state index in [2.05, 4.69) is 30.8 Å². The van der Waals surface area contributed by atoms with Crippen molar-refractivity contribution >= 4 is 30.3 Å². The molecule has 7 heteroatoms. The molecule has 1 saturated heterocycles. The van der Waals surface area contributed by atoms with Crippen molar-refractivity contribution in [3.8, 4) is 6.07 Å². The number of H-pyrrole nitrogens is 1. The first-order valence-electron chi connectivity index (χ1n) is 8.52. The molecule has 0 amide bonds. The van der Waals surface area contributed by atoms with Crippen molar-refractivity contribution in [2.45, 2.75) is 44.2 Å². The average Bonchev–Trinajstić information content (AvgIpc) is 3.32. The summed E-state index contributed by atoms with van der Waals surface area (Å²) in [7, 11) is 0. The molecule has 4 rings (SSSR count). The van der Waals surface area contributed by atoms with Gasteiger partial charge in [0.1, 0.15) is 17.8 Å². The van der Waals surface area contributed by atoms with E-state index >= 15 is 0 Å². The molecule has 3 heterocycles. The van der Waals surface area contributed by atoms with Crippen LogP contribution in [0.4, 0.5) is 5.82 Å². The first-order valence-corrected chi connectivity index (χ1v) is 8.52. The Kier molecular flexibility index (Phi) is 5.27. The Hall–Kier alpha value is -1.78. The highest BCUT2D eigenvalue weighted by molar-refractivity contribution is 7.59. The van der Waals surface area contributed by atoms with Gasteiger partial charge in [-0.05, 0) is 25.3 Å². The third kappa shape index (κ3) is 3.08. The van der Waals surface area contributed by atoms with Crippen LogP contribution in [0.5, 0.6) is 0 Å². The van der Waals surface area contributed by atoms with Crippen LogP contribution < -0.4 is 4.90 Å². The molecule has 0 spiro atoms. The summed E-state index contributed by atoms with van der Waals surface area (Å²) in [4.78, 5) is 16.7. The van der Waals surface area contributed by atoms with E-state index in [4.69, 9.17) is 0 Å². The van der Waals surface area contributed by atoms with Crippen molar-refractivity contribution < 1.29 is 0 Å². The number of rotatable bonds is 4. The first kappa shape index (κ1) is 17.1. The van der Waals surface area contributed by atoms with Crippen LogP contribution in [0.3, 0.4) is 0 Å². The van der Waals surface area contributed by atoms with E-state index in [1.807, 2.05) is 12.3 Å².